The predicted octanol–water partition coefficient (Wildman–Crippen LogP) is 3.76. The van der Waals surface area contributed by atoms with E-state index in [1.54, 1.807) is 12.1 Å². The smallest absolute Gasteiger partial charge is 0.223 e. The molecule has 1 aliphatic rings. The Labute approximate surface area is 146 Å². The zero-order valence-electron chi connectivity index (χ0n) is 13.4. The zero-order valence-corrected chi connectivity index (χ0v) is 14.2. The van der Waals surface area contributed by atoms with E-state index in [2.05, 4.69) is 4.90 Å². The van der Waals surface area contributed by atoms with Gasteiger partial charge in [0.25, 0.3) is 0 Å². The fourth-order valence-electron chi connectivity index (χ4n) is 2.95. The number of carbonyl (C=O) groups excluding carboxylic acids is 1. The molecule has 1 fully saturated rings. The third-order valence-corrected chi connectivity index (χ3v) is 4.58. The molecule has 2 aromatic carbocycles. The first-order chi connectivity index (χ1) is 11.6. The lowest BCUT2D eigenvalue weighted by Gasteiger charge is -2.36. The Morgan fingerprint density at radius 2 is 1.75 bits per heavy atom. The number of halogens is 2. The molecule has 1 saturated heterocycles. The quantitative estimate of drug-likeness (QED) is 0.841. The highest BCUT2D eigenvalue weighted by molar-refractivity contribution is 6.30. The normalized spacial score (nSPS) is 14.8. The minimum atomic E-state index is -0.248. The van der Waals surface area contributed by atoms with Gasteiger partial charge in [-0.25, -0.2) is 4.39 Å². The predicted molar refractivity (Wildman–Crippen MR) is 95.0 cm³/mol. The zero-order chi connectivity index (χ0) is 16.9. The van der Waals surface area contributed by atoms with Crippen molar-refractivity contribution < 1.29 is 9.18 Å². The summed E-state index contributed by atoms with van der Waals surface area (Å²) in [4.78, 5) is 16.5. The molecular formula is C19H20ClFN2O. The Morgan fingerprint density at radius 3 is 2.42 bits per heavy atom. The lowest BCUT2D eigenvalue weighted by atomic mass is 10.1. The van der Waals surface area contributed by atoms with Crippen molar-refractivity contribution in [3.63, 3.8) is 0 Å². The van der Waals surface area contributed by atoms with Crippen LogP contribution < -0.4 is 4.90 Å². The molecule has 0 aliphatic carbocycles. The number of benzene rings is 2. The molecule has 2 aromatic rings. The number of carbonyl (C=O) groups is 1. The summed E-state index contributed by atoms with van der Waals surface area (Å²) in [6.45, 7) is 3.05. The van der Waals surface area contributed by atoms with Gasteiger partial charge in [0.1, 0.15) is 5.82 Å². The van der Waals surface area contributed by atoms with E-state index in [-0.39, 0.29) is 11.7 Å². The number of hydrogen-bond acceptors (Lipinski definition) is 2. The van der Waals surface area contributed by atoms with Crippen LogP contribution in [0.2, 0.25) is 5.02 Å². The Morgan fingerprint density at radius 1 is 1.04 bits per heavy atom. The molecule has 0 bridgehead atoms. The Bertz CT molecular complexity index is 697. The maximum absolute atomic E-state index is 12.9. The number of rotatable bonds is 4. The lowest BCUT2D eigenvalue weighted by Crippen LogP contribution is -2.48. The van der Waals surface area contributed by atoms with Gasteiger partial charge in [-0.15, -0.1) is 0 Å². The highest BCUT2D eigenvalue weighted by Gasteiger charge is 2.21. The van der Waals surface area contributed by atoms with Crippen LogP contribution in [0.25, 0.3) is 0 Å². The van der Waals surface area contributed by atoms with Gasteiger partial charge in [-0.1, -0.05) is 29.8 Å². The monoisotopic (exact) mass is 346 g/mol. The van der Waals surface area contributed by atoms with Crippen molar-refractivity contribution in [2.75, 3.05) is 31.1 Å². The van der Waals surface area contributed by atoms with Crippen LogP contribution in [0.3, 0.4) is 0 Å². The molecular weight excluding hydrogens is 327 g/mol. The minimum Gasteiger partial charge on any atom is -0.368 e. The van der Waals surface area contributed by atoms with Crippen LogP contribution in [-0.4, -0.2) is 37.0 Å². The molecule has 0 atom stereocenters. The van der Waals surface area contributed by atoms with E-state index in [1.165, 1.54) is 12.1 Å². The third kappa shape index (κ3) is 4.26. The fraction of sp³-hybridized carbons (Fsp3) is 0.316. The van der Waals surface area contributed by atoms with Crippen molar-refractivity contribution >= 4 is 23.2 Å². The first kappa shape index (κ1) is 16.8. The van der Waals surface area contributed by atoms with E-state index in [0.29, 0.717) is 12.8 Å². The van der Waals surface area contributed by atoms with Crippen LogP contribution >= 0.6 is 11.6 Å². The summed E-state index contributed by atoms with van der Waals surface area (Å²) in [5, 5.41) is 0.727. The first-order valence-corrected chi connectivity index (χ1v) is 8.52. The number of hydrogen-bond donors (Lipinski definition) is 0. The lowest BCUT2D eigenvalue weighted by molar-refractivity contribution is -0.131. The van der Waals surface area contributed by atoms with Gasteiger partial charge in [-0.3, -0.25) is 4.79 Å². The molecule has 0 aromatic heterocycles. The summed E-state index contributed by atoms with van der Waals surface area (Å²) >= 11 is 6.04. The average molecular weight is 347 g/mol. The van der Waals surface area contributed by atoms with Gasteiger partial charge in [0, 0.05) is 43.3 Å². The van der Waals surface area contributed by atoms with Crippen molar-refractivity contribution in [3.05, 3.63) is 64.9 Å². The summed E-state index contributed by atoms with van der Waals surface area (Å²) < 4.78 is 12.9. The summed E-state index contributed by atoms with van der Waals surface area (Å²) in [6, 6.07) is 14.1. The Kier molecular flexibility index (Phi) is 5.36. The number of aryl methyl sites for hydroxylation is 1. The van der Waals surface area contributed by atoms with E-state index in [4.69, 9.17) is 11.6 Å². The van der Waals surface area contributed by atoms with E-state index in [0.717, 1.165) is 42.5 Å². The third-order valence-electron chi connectivity index (χ3n) is 4.35. The van der Waals surface area contributed by atoms with Crippen molar-refractivity contribution in [1.82, 2.24) is 4.90 Å². The highest BCUT2D eigenvalue weighted by Crippen LogP contribution is 2.21. The number of amides is 1. The van der Waals surface area contributed by atoms with Crippen molar-refractivity contribution in [3.8, 4) is 0 Å². The summed E-state index contributed by atoms with van der Waals surface area (Å²) in [5.41, 5.74) is 2.09. The van der Waals surface area contributed by atoms with Gasteiger partial charge in [0.15, 0.2) is 0 Å². The second-order valence-corrected chi connectivity index (χ2v) is 6.41. The summed E-state index contributed by atoms with van der Waals surface area (Å²) in [5.74, 6) is -0.0905. The van der Waals surface area contributed by atoms with Crippen molar-refractivity contribution in [2.24, 2.45) is 0 Å². The molecule has 5 heteroatoms. The maximum Gasteiger partial charge on any atom is 0.223 e. The van der Waals surface area contributed by atoms with Gasteiger partial charge in [-0.05, 0) is 42.3 Å². The molecule has 1 amide bonds. The van der Waals surface area contributed by atoms with E-state index < -0.39 is 0 Å². The van der Waals surface area contributed by atoms with Gasteiger partial charge >= 0.3 is 0 Å². The van der Waals surface area contributed by atoms with Crippen LogP contribution in [0.1, 0.15) is 12.0 Å². The molecule has 0 N–H and O–H groups in total. The van der Waals surface area contributed by atoms with Crippen molar-refractivity contribution in [2.45, 2.75) is 12.8 Å². The van der Waals surface area contributed by atoms with Crippen molar-refractivity contribution in [1.29, 1.82) is 0 Å². The first-order valence-electron chi connectivity index (χ1n) is 8.14. The molecule has 0 saturated carbocycles. The average Bonchev–Trinajstić information content (AvgIpc) is 2.61. The van der Waals surface area contributed by atoms with E-state index in [9.17, 15) is 9.18 Å². The van der Waals surface area contributed by atoms with Gasteiger partial charge in [-0.2, -0.15) is 0 Å². The second-order valence-electron chi connectivity index (χ2n) is 5.97. The van der Waals surface area contributed by atoms with Crippen LogP contribution in [-0.2, 0) is 11.2 Å². The number of anilines is 1. The summed E-state index contributed by atoms with van der Waals surface area (Å²) in [6.07, 6.45) is 1.11. The van der Waals surface area contributed by atoms with Crippen LogP contribution in [0.4, 0.5) is 10.1 Å². The summed E-state index contributed by atoms with van der Waals surface area (Å²) in [7, 11) is 0. The van der Waals surface area contributed by atoms with E-state index >= 15 is 0 Å². The molecule has 0 radical (unpaired) electrons. The number of nitrogens with zero attached hydrogens (tertiary/aromatic N) is 2. The van der Waals surface area contributed by atoms with E-state index in [1.807, 2.05) is 29.2 Å². The van der Waals surface area contributed by atoms with Gasteiger partial charge in [0.05, 0.1) is 0 Å². The molecule has 24 heavy (non-hydrogen) atoms. The Balaban J connectivity index is 1.49. The number of piperazine rings is 1. The van der Waals surface area contributed by atoms with Crippen LogP contribution in [0.5, 0.6) is 0 Å². The van der Waals surface area contributed by atoms with Crippen LogP contribution in [0, 0.1) is 5.82 Å². The second kappa shape index (κ2) is 7.67. The Hall–Kier alpha value is -2.07. The standard InChI is InChI=1S/C19H20ClFN2O/c20-16-2-1-3-18(14-16)22-10-12-23(13-11-22)19(24)9-6-15-4-7-17(21)8-5-15/h1-5,7-8,14H,6,9-13H2. The van der Waals surface area contributed by atoms with Gasteiger partial charge < -0.3 is 9.80 Å². The molecule has 3 nitrogen and oxygen atoms in total. The molecule has 0 spiro atoms. The topological polar surface area (TPSA) is 23.6 Å². The largest absolute Gasteiger partial charge is 0.368 e. The fourth-order valence-corrected chi connectivity index (χ4v) is 3.13. The molecule has 1 heterocycles. The molecule has 1 aliphatic heterocycles. The molecule has 3 rings (SSSR count). The maximum atomic E-state index is 12.9. The molecule has 126 valence electrons. The SMILES string of the molecule is O=C(CCc1ccc(F)cc1)N1CCN(c2cccc(Cl)c2)CC1. The van der Waals surface area contributed by atoms with Gasteiger partial charge in [0.2, 0.25) is 5.91 Å². The molecule has 0 unspecified atom stereocenters. The van der Waals surface area contributed by atoms with Crippen LogP contribution in [0.15, 0.2) is 48.5 Å². The highest BCUT2D eigenvalue weighted by atomic mass is 35.5. The minimum absolute atomic E-state index is 0.157.